The number of aliphatic hydroxyl groups excluding tert-OH is 4. The van der Waals surface area contributed by atoms with Gasteiger partial charge in [-0.2, -0.15) is 0 Å². The number of esters is 2. The number of allylic oxidation sites excluding steroid dienone is 1. The number of cyclic esters (lactones) is 1. The Kier molecular flexibility index (Phi) is 5.12. The summed E-state index contributed by atoms with van der Waals surface area (Å²) in [6.07, 6.45) is -6.19. The van der Waals surface area contributed by atoms with Crippen LogP contribution in [0.1, 0.15) is 19.8 Å². The van der Waals surface area contributed by atoms with Crippen molar-refractivity contribution in [3.63, 3.8) is 0 Å². The Morgan fingerprint density at radius 3 is 2.64 bits per heavy atom. The lowest BCUT2D eigenvalue weighted by Crippen LogP contribution is -2.59. The molecule has 0 saturated carbocycles. The van der Waals surface area contributed by atoms with E-state index in [1.54, 1.807) is 0 Å². The fourth-order valence-corrected chi connectivity index (χ4v) is 3.65. The van der Waals surface area contributed by atoms with E-state index in [1.165, 1.54) is 0 Å². The van der Waals surface area contributed by atoms with Gasteiger partial charge < -0.3 is 34.6 Å². The molecule has 2 saturated heterocycles. The van der Waals surface area contributed by atoms with Crippen molar-refractivity contribution in [2.45, 2.75) is 50.5 Å². The zero-order chi connectivity index (χ0) is 18.3. The molecule has 9 heteroatoms. The predicted molar refractivity (Wildman–Crippen MR) is 79.7 cm³/mol. The van der Waals surface area contributed by atoms with Crippen LogP contribution >= 0.6 is 0 Å². The molecule has 7 atom stereocenters. The summed E-state index contributed by atoms with van der Waals surface area (Å²) < 4.78 is 15.4. The van der Waals surface area contributed by atoms with Crippen LogP contribution in [0.3, 0.4) is 0 Å². The van der Waals surface area contributed by atoms with Crippen molar-refractivity contribution in [1.29, 1.82) is 0 Å². The molecule has 0 aromatic heterocycles. The molecule has 140 valence electrons. The molecule has 4 N–H and O–H groups in total. The van der Waals surface area contributed by atoms with Crippen LogP contribution in [0.25, 0.3) is 0 Å². The molecule has 2 fully saturated rings. The van der Waals surface area contributed by atoms with Crippen LogP contribution in [0, 0.1) is 11.8 Å². The van der Waals surface area contributed by atoms with Gasteiger partial charge in [0.05, 0.1) is 12.5 Å². The molecule has 1 aliphatic carbocycles. The van der Waals surface area contributed by atoms with E-state index in [9.17, 15) is 24.9 Å². The summed E-state index contributed by atoms with van der Waals surface area (Å²) in [4.78, 5) is 24.4. The van der Waals surface area contributed by atoms with E-state index in [0.29, 0.717) is 18.4 Å². The molecule has 0 spiro atoms. The van der Waals surface area contributed by atoms with Gasteiger partial charge >= 0.3 is 11.9 Å². The number of rotatable bonds is 3. The van der Waals surface area contributed by atoms with Gasteiger partial charge in [-0.3, -0.25) is 4.79 Å². The van der Waals surface area contributed by atoms with Crippen molar-refractivity contribution in [3.05, 3.63) is 11.1 Å². The first-order valence-electron chi connectivity index (χ1n) is 8.23. The number of aliphatic hydroxyl groups is 4. The average molecular weight is 358 g/mol. The maximum atomic E-state index is 12.5. The quantitative estimate of drug-likeness (QED) is 0.431. The number of carbonyl (C=O) groups is 2. The zero-order valence-electron chi connectivity index (χ0n) is 13.7. The van der Waals surface area contributed by atoms with E-state index >= 15 is 0 Å². The van der Waals surface area contributed by atoms with Crippen molar-refractivity contribution in [1.82, 2.24) is 0 Å². The average Bonchev–Trinajstić information content (AvgIpc) is 2.98. The van der Waals surface area contributed by atoms with E-state index in [4.69, 9.17) is 19.3 Å². The molecule has 25 heavy (non-hydrogen) atoms. The van der Waals surface area contributed by atoms with Gasteiger partial charge in [-0.25, -0.2) is 4.79 Å². The maximum absolute atomic E-state index is 12.5. The highest BCUT2D eigenvalue weighted by molar-refractivity contribution is 5.93. The van der Waals surface area contributed by atoms with E-state index in [0.717, 1.165) is 5.57 Å². The lowest BCUT2D eigenvalue weighted by molar-refractivity contribution is -0.294. The monoisotopic (exact) mass is 358 g/mol. The van der Waals surface area contributed by atoms with Crippen molar-refractivity contribution < 1.29 is 44.2 Å². The standard InChI is InChI=1S/C16H22O9/c1-6-2-3-7-8(5-23-15(22)10(6)7)14(21)25-16-13(20)12(19)11(18)9(4-17)24-16/h7-9,11-13,16-20H,2-5H2,1H3. The van der Waals surface area contributed by atoms with Gasteiger partial charge in [0.25, 0.3) is 0 Å². The predicted octanol–water partition coefficient (Wildman–Crippen LogP) is -1.77. The molecule has 3 aliphatic rings. The van der Waals surface area contributed by atoms with Gasteiger partial charge in [0.1, 0.15) is 31.0 Å². The third kappa shape index (κ3) is 3.18. The van der Waals surface area contributed by atoms with E-state index in [-0.39, 0.29) is 12.5 Å². The summed E-state index contributed by atoms with van der Waals surface area (Å²) in [5.41, 5.74) is 1.39. The van der Waals surface area contributed by atoms with Crippen LogP contribution in [-0.4, -0.2) is 76.3 Å². The minimum atomic E-state index is -1.66. The van der Waals surface area contributed by atoms with Gasteiger partial charge in [0, 0.05) is 11.5 Å². The molecular formula is C16H22O9. The Labute approximate surface area is 143 Å². The smallest absolute Gasteiger partial charge is 0.334 e. The Balaban J connectivity index is 1.71. The van der Waals surface area contributed by atoms with Crippen molar-refractivity contribution in [2.75, 3.05) is 13.2 Å². The summed E-state index contributed by atoms with van der Waals surface area (Å²) in [7, 11) is 0. The highest BCUT2D eigenvalue weighted by Crippen LogP contribution is 2.41. The van der Waals surface area contributed by atoms with Gasteiger partial charge in [0.2, 0.25) is 6.29 Å². The maximum Gasteiger partial charge on any atom is 0.334 e. The number of carbonyl (C=O) groups excluding carboxylic acids is 2. The van der Waals surface area contributed by atoms with Crippen LogP contribution in [0.4, 0.5) is 0 Å². The topological polar surface area (TPSA) is 143 Å². The molecule has 0 amide bonds. The van der Waals surface area contributed by atoms with Crippen LogP contribution in [0.15, 0.2) is 11.1 Å². The molecule has 9 nitrogen and oxygen atoms in total. The first-order valence-corrected chi connectivity index (χ1v) is 8.23. The van der Waals surface area contributed by atoms with Crippen LogP contribution < -0.4 is 0 Å². The van der Waals surface area contributed by atoms with Gasteiger partial charge in [0.15, 0.2) is 0 Å². The summed E-state index contributed by atoms with van der Waals surface area (Å²) in [6, 6.07) is 0. The zero-order valence-corrected chi connectivity index (χ0v) is 13.7. The highest BCUT2D eigenvalue weighted by atomic mass is 16.7. The summed E-state index contributed by atoms with van der Waals surface area (Å²) >= 11 is 0. The molecule has 7 unspecified atom stereocenters. The first-order chi connectivity index (χ1) is 11.8. The lowest BCUT2D eigenvalue weighted by atomic mass is 9.85. The molecule has 3 rings (SSSR count). The minimum Gasteiger partial charge on any atom is -0.461 e. The SMILES string of the molecule is CC1=C2C(=O)OCC(C(=O)OC3OC(CO)C(O)C(O)C3O)C2CC1. The summed E-state index contributed by atoms with van der Waals surface area (Å²) in [5.74, 6) is -2.18. The normalized spacial score (nSPS) is 41.3. The molecular weight excluding hydrogens is 336 g/mol. The van der Waals surface area contributed by atoms with Gasteiger partial charge in [-0.05, 0) is 19.8 Å². The summed E-state index contributed by atoms with van der Waals surface area (Å²) in [6.45, 7) is 1.08. The van der Waals surface area contributed by atoms with Crippen molar-refractivity contribution in [3.8, 4) is 0 Å². The van der Waals surface area contributed by atoms with E-state index in [1.807, 2.05) is 6.92 Å². The van der Waals surface area contributed by atoms with E-state index < -0.39 is 55.2 Å². The van der Waals surface area contributed by atoms with Crippen molar-refractivity contribution >= 4 is 11.9 Å². The van der Waals surface area contributed by atoms with Crippen LogP contribution in [0.5, 0.6) is 0 Å². The molecule has 0 aromatic rings. The molecule has 2 aliphatic heterocycles. The molecule has 0 bridgehead atoms. The molecule has 0 radical (unpaired) electrons. The third-order valence-electron chi connectivity index (χ3n) is 5.14. The Hall–Kier alpha value is -1.52. The van der Waals surface area contributed by atoms with Crippen LogP contribution in [-0.2, 0) is 23.8 Å². The fourth-order valence-electron chi connectivity index (χ4n) is 3.65. The third-order valence-corrected chi connectivity index (χ3v) is 5.14. The van der Waals surface area contributed by atoms with Gasteiger partial charge in [-0.1, -0.05) is 5.57 Å². The largest absolute Gasteiger partial charge is 0.461 e. The van der Waals surface area contributed by atoms with Crippen LogP contribution in [0.2, 0.25) is 0 Å². The van der Waals surface area contributed by atoms with E-state index in [2.05, 4.69) is 0 Å². The minimum absolute atomic E-state index is 0.128. The number of fused-ring (bicyclic) bond motifs is 1. The number of ether oxygens (including phenoxy) is 3. The van der Waals surface area contributed by atoms with Gasteiger partial charge in [-0.15, -0.1) is 0 Å². The highest BCUT2D eigenvalue weighted by Gasteiger charge is 2.48. The fraction of sp³-hybridized carbons (Fsp3) is 0.750. The molecule has 2 heterocycles. The number of hydrogen-bond acceptors (Lipinski definition) is 9. The second kappa shape index (κ2) is 7.00. The van der Waals surface area contributed by atoms with Crippen molar-refractivity contribution in [2.24, 2.45) is 11.8 Å². The second-order valence-electron chi connectivity index (χ2n) is 6.68. The Morgan fingerprint density at radius 1 is 1.24 bits per heavy atom. The Morgan fingerprint density at radius 2 is 1.96 bits per heavy atom. The Bertz CT molecular complexity index is 584. The second-order valence-corrected chi connectivity index (χ2v) is 6.68. The summed E-state index contributed by atoms with van der Waals surface area (Å²) in [5, 5.41) is 38.6. The molecule has 0 aromatic carbocycles. The lowest BCUT2D eigenvalue weighted by Gasteiger charge is -2.40. The first kappa shape index (κ1) is 18.3. The number of hydrogen-bond donors (Lipinski definition) is 4.